The van der Waals surface area contributed by atoms with Gasteiger partial charge in [0.05, 0.1) is 12.7 Å². The first-order chi connectivity index (χ1) is 19.4. The van der Waals surface area contributed by atoms with Crippen molar-refractivity contribution in [1.82, 2.24) is 0 Å². The second-order valence-corrected chi connectivity index (χ2v) is 11.2. The number of carbonyl (C=O) groups excluding carboxylic acids is 5. The van der Waals surface area contributed by atoms with E-state index in [4.69, 9.17) is 23.7 Å². The van der Waals surface area contributed by atoms with E-state index in [0.717, 1.165) is 13.8 Å². The van der Waals surface area contributed by atoms with Crippen molar-refractivity contribution < 1.29 is 57.9 Å². The zero-order valence-corrected chi connectivity index (χ0v) is 25.6. The molecule has 0 aromatic carbocycles. The van der Waals surface area contributed by atoms with Crippen molar-refractivity contribution in [2.24, 2.45) is 11.3 Å². The van der Waals surface area contributed by atoms with E-state index >= 15 is 0 Å². The summed E-state index contributed by atoms with van der Waals surface area (Å²) in [5.74, 6) is -4.33. The van der Waals surface area contributed by atoms with Crippen LogP contribution in [0, 0.1) is 11.3 Å². The monoisotopic (exact) mass is 594 g/mol. The van der Waals surface area contributed by atoms with E-state index in [1.165, 1.54) is 33.8 Å². The third kappa shape index (κ3) is 8.28. The second kappa shape index (κ2) is 14.1. The fourth-order valence-corrected chi connectivity index (χ4v) is 5.88. The van der Waals surface area contributed by atoms with Crippen molar-refractivity contribution in [2.45, 2.75) is 106 Å². The molecule has 0 aliphatic heterocycles. The van der Waals surface area contributed by atoms with Gasteiger partial charge in [-0.3, -0.25) is 24.0 Å². The van der Waals surface area contributed by atoms with Crippen molar-refractivity contribution in [1.29, 1.82) is 0 Å². The van der Waals surface area contributed by atoms with Crippen LogP contribution in [-0.2, 0) is 47.7 Å². The highest BCUT2D eigenvalue weighted by Crippen LogP contribution is 2.51. The van der Waals surface area contributed by atoms with E-state index in [2.05, 4.69) is 0 Å². The van der Waals surface area contributed by atoms with Gasteiger partial charge in [0.25, 0.3) is 0 Å². The third-order valence-electron chi connectivity index (χ3n) is 7.65. The Hall–Kier alpha value is -3.51. The number of carbonyl (C=O) groups is 5. The highest BCUT2D eigenvalue weighted by atomic mass is 16.6. The number of rotatable bonds is 6. The van der Waals surface area contributed by atoms with Crippen LogP contribution in [0.1, 0.15) is 75.2 Å². The Morgan fingerprint density at radius 3 is 1.69 bits per heavy atom. The van der Waals surface area contributed by atoms with Crippen LogP contribution in [0.4, 0.5) is 0 Å². The first kappa shape index (κ1) is 34.7. The number of esters is 5. The Morgan fingerprint density at radius 2 is 1.24 bits per heavy atom. The van der Waals surface area contributed by atoms with E-state index < -0.39 is 78.3 Å². The van der Waals surface area contributed by atoms with Crippen molar-refractivity contribution in [2.75, 3.05) is 6.61 Å². The zero-order valence-electron chi connectivity index (χ0n) is 25.6. The minimum absolute atomic E-state index is 0.140. The summed E-state index contributed by atoms with van der Waals surface area (Å²) >= 11 is 0. The first-order valence-electron chi connectivity index (χ1n) is 13.7. The largest absolute Gasteiger partial charge is 0.458 e. The van der Waals surface area contributed by atoms with Gasteiger partial charge in [-0.2, -0.15) is 0 Å². The molecule has 234 valence electrons. The van der Waals surface area contributed by atoms with Gasteiger partial charge in [-0.05, 0) is 42.4 Å². The summed E-state index contributed by atoms with van der Waals surface area (Å²) in [5, 5.41) is 21.9. The maximum atomic E-state index is 12.5. The number of aliphatic hydroxyl groups is 2. The van der Waals surface area contributed by atoms with Gasteiger partial charge in [-0.1, -0.05) is 19.9 Å². The smallest absolute Gasteiger partial charge is 0.307 e. The lowest BCUT2D eigenvalue weighted by Gasteiger charge is -2.48. The molecule has 0 heterocycles. The Bertz CT molecular complexity index is 1190. The van der Waals surface area contributed by atoms with E-state index in [0.29, 0.717) is 11.1 Å². The Kier molecular flexibility index (Phi) is 11.7. The fourth-order valence-electron chi connectivity index (χ4n) is 5.88. The quantitative estimate of drug-likeness (QED) is 0.262. The Balaban J connectivity index is 3.11. The van der Waals surface area contributed by atoms with Crippen molar-refractivity contribution in [3.05, 3.63) is 34.1 Å². The molecule has 0 fully saturated rings. The number of hydrogen-bond donors (Lipinski definition) is 2. The van der Waals surface area contributed by atoms with Crippen LogP contribution in [0.25, 0.3) is 0 Å². The third-order valence-corrected chi connectivity index (χ3v) is 7.65. The van der Waals surface area contributed by atoms with Gasteiger partial charge in [-0.15, -0.1) is 0 Å². The lowest BCUT2D eigenvalue weighted by atomic mass is 9.60. The summed E-state index contributed by atoms with van der Waals surface area (Å²) in [4.78, 5) is 61.4. The van der Waals surface area contributed by atoms with Gasteiger partial charge in [0.15, 0.2) is 11.9 Å². The van der Waals surface area contributed by atoms with E-state index in [1.54, 1.807) is 20.8 Å². The minimum atomic E-state index is -1.36. The fraction of sp³-hybridized carbons (Fsp3) is 0.633. The average Bonchev–Trinajstić information content (AvgIpc) is 2.83. The summed E-state index contributed by atoms with van der Waals surface area (Å²) in [5.41, 5.74) is 0.238. The van der Waals surface area contributed by atoms with Crippen LogP contribution in [0.3, 0.4) is 0 Å². The van der Waals surface area contributed by atoms with Gasteiger partial charge < -0.3 is 33.9 Å². The highest BCUT2D eigenvalue weighted by molar-refractivity contribution is 5.70. The maximum absolute atomic E-state index is 12.5. The van der Waals surface area contributed by atoms with E-state index in [9.17, 15) is 34.2 Å². The van der Waals surface area contributed by atoms with E-state index in [1.807, 2.05) is 0 Å². The van der Waals surface area contributed by atoms with Crippen LogP contribution in [0.15, 0.2) is 34.1 Å². The molecule has 12 heteroatoms. The molecule has 0 saturated carbocycles. The highest BCUT2D eigenvalue weighted by Gasteiger charge is 2.50. The average molecular weight is 595 g/mol. The summed E-state index contributed by atoms with van der Waals surface area (Å²) in [6.07, 6.45) is -4.55. The maximum Gasteiger partial charge on any atom is 0.307 e. The topological polar surface area (TPSA) is 172 Å². The molecule has 12 nitrogen and oxygen atoms in total. The number of aliphatic hydroxyl groups excluding tert-OH is 2. The van der Waals surface area contributed by atoms with Crippen molar-refractivity contribution >= 4 is 29.8 Å². The molecule has 2 aliphatic carbocycles. The molecule has 0 aromatic heterocycles. The minimum Gasteiger partial charge on any atom is -0.458 e. The molecule has 0 amide bonds. The molecule has 2 N–H and O–H groups in total. The second-order valence-electron chi connectivity index (χ2n) is 11.2. The lowest BCUT2D eigenvalue weighted by Crippen LogP contribution is -2.48. The van der Waals surface area contributed by atoms with Gasteiger partial charge in [0.1, 0.15) is 18.3 Å². The van der Waals surface area contributed by atoms with Gasteiger partial charge >= 0.3 is 29.8 Å². The number of hydrogen-bond acceptors (Lipinski definition) is 12. The van der Waals surface area contributed by atoms with Crippen molar-refractivity contribution in [3.8, 4) is 0 Å². The van der Waals surface area contributed by atoms with E-state index in [-0.39, 0.29) is 29.7 Å². The molecule has 2 aliphatic rings. The van der Waals surface area contributed by atoms with Crippen LogP contribution in [0.2, 0.25) is 0 Å². The molecule has 6 unspecified atom stereocenters. The summed E-state index contributed by atoms with van der Waals surface area (Å²) < 4.78 is 28.2. The summed E-state index contributed by atoms with van der Waals surface area (Å²) in [6.45, 7) is 12.1. The lowest BCUT2D eigenvalue weighted by molar-refractivity contribution is -0.153. The van der Waals surface area contributed by atoms with Crippen LogP contribution >= 0.6 is 0 Å². The Morgan fingerprint density at radius 1 is 0.762 bits per heavy atom. The Labute approximate surface area is 245 Å². The van der Waals surface area contributed by atoms with Crippen molar-refractivity contribution in [3.63, 3.8) is 0 Å². The molecule has 0 aromatic rings. The van der Waals surface area contributed by atoms with Crippen LogP contribution < -0.4 is 0 Å². The van der Waals surface area contributed by atoms with Gasteiger partial charge in [-0.25, -0.2) is 0 Å². The SMILES string of the molecule is CC(=O)O/C1=C(\C)C(OC(C)=O)CC(OC(C)=O)/C(CO)=C\C(O)C2CC(OC(C)=O)C(C)=C(C1OC(C)=O)C2(C)C. The van der Waals surface area contributed by atoms with Gasteiger partial charge in [0.2, 0.25) is 0 Å². The molecule has 0 radical (unpaired) electrons. The molecule has 6 atom stereocenters. The first-order valence-corrected chi connectivity index (χ1v) is 13.7. The predicted octanol–water partition coefficient (Wildman–Crippen LogP) is 2.60. The molecule has 2 rings (SSSR count). The molecule has 2 bridgehead atoms. The number of fused-ring (bicyclic) bond motifs is 2. The molecule has 0 spiro atoms. The normalized spacial score (nSPS) is 30.9. The van der Waals surface area contributed by atoms with Gasteiger partial charge in [0, 0.05) is 52.5 Å². The predicted molar refractivity (Wildman–Crippen MR) is 147 cm³/mol. The number of ether oxygens (including phenoxy) is 5. The van der Waals surface area contributed by atoms with Crippen LogP contribution in [0.5, 0.6) is 0 Å². The zero-order chi connectivity index (χ0) is 32.1. The molecular weight excluding hydrogens is 552 g/mol. The molecule has 0 saturated heterocycles. The molecule has 42 heavy (non-hydrogen) atoms. The molecular formula is C30H42O12. The summed E-state index contributed by atoms with van der Waals surface area (Å²) in [6, 6.07) is 0. The standard InChI is InChI=1S/C30H42O12/c1-14-24(38-16(3)32)11-22-23(37)10-21(13-31)26(40-18(5)34)12-25(39-17(4)33)15(2)28(41-19(6)35)29(42-20(7)36)27(14)30(22,8)9/h10,22-26,29,31,37H,11-13H2,1-9H3/b21-10-,28-15+. The summed E-state index contributed by atoms with van der Waals surface area (Å²) in [7, 11) is 0. The van der Waals surface area contributed by atoms with Crippen LogP contribution in [-0.4, -0.2) is 77.2 Å².